The Kier molecular flexibility index (Phi) is 7.62. The molecule has 2 heterocycles. The number of carbonyl (C=O) groups excluding carboxylic acids is 2. The molecular weight excluding hydrogens is 428 g/mol. The fourth-order valence-corrected chi connectivity index (χ4v) is 4.32. The Hall–Kier alpha value is -3.61. The summed E-state index contributed by atoms with van der Waals surface area (Å²) in [6, 6.07) is 17.7. The molecular formula is C27H32N4O3. The van der Waals surface area contributed by atoms with Crippen LogP contribution in [0.3, 0.4) is 0 Å². The van der Waals surface area contributed by atoms with Gasteiger partial charge in [-0.25, -0.2) is 0 Å². The topological polar surface area (TPSA) is 76.5 Å². The van der Waals surface area contributed by atoms with Crippen LogP contribution in [0.15, 0.2) is 60.8 Å². The number of benzene rings is 2. The second kappa shape index (κ2) is 11.0. The summed E-state index contributed by atoms with van der Waals surface area (Å²) >= 11 is 0. The van der Waals surface area contributed by atoms with Gasteiger partial charge in [-0.05, 0) is 37.0 Å². The SMILES string of the molecule is CCCNC(=O)C1CCN(C(=O)c2cn(Cc3ccccc3)nc2-c2cccc(OC)c2)CC1. The van der Waals surface area contributed by atoms with Gasteiger partial charge in [0.05, 0.1) is 19.2 Å². The van der Waals surface area contributed by atoms with E-state index < -0.39 is 0 Å². The largest absolute Gasteiger partial charge is 0.497 e. The summed E-state index contributed by atoms with van der Waals surface area (Å²) in [4.78, 5) is 27.8. The summed E-state index contributed by atoms with van der Waals surface area (Å²) in [5.74, 6) is 0.730. The molecule has 0 spiro atoms. The molecule has 0 unspecified atom stereocenters. The van der Waals surface area contributed by atoms with Crippen LogP contribution in [0.4, 0.5) is 0 Å². The molecule has 1 aromatic heterocycles. The molecule has 0 atom stereocenters. The van der Waals surface area contributed by atoms with Crippen LogP contribution in [0.2, 0.25) is 0 Å². The van der Waals surface area contributed by atoms with Gasteiger partial charge < -0.3 is 15.0 Å². The van der Waals surface area contributed by atoms with E-state index in [2.05, 4.69) is 5.32 Å². The monoisotopic (exact) mass is 460 g/mol. The summed E-state index contributed by atoms with van der Waals surface area (Å²) in [5, 5.41) is 7.77. The Morgan fingerprint density at radius 2 is 1.85 bits per heavy atom. The molecule has 1 aliphatic heterocycles. The molecule has 7 nitrogen and oxygen atoms in total. The van der Waals surface area contributed by atoms with Crippen molar-refractivity contribution in [1.29, 1.82) is 0 Å². The number of hydrogen-bond acceptors (Lipinski definition) is 4. The second-order valence-corrected chi connectivity index (χ2v) is 8.66. The van der Waals surface area contributed by atoms with Crippen molar-refractivity contribution in [2.24, 2.45) is 5.92 Å². The van der Waals surface area contributed by atoms with Crippen LogP contribution in [0.5, 0.6) is 5.75 Å². The average molecular weight is 461 g/mol. The average Bonchev–Trinajstić information content (AvgIpc) is 3.31. The number of aromatic nitrogens is 2. The van der Waals surface area contributed by atoms with Gasteiger partial charge in [0, 0.05) is 37.3 Å². The lowest BCUT2D eigenvalue weighted by Crippen LogP contribution is -2.43. The first-order chi connectivity index (χ1) is 16.6. The predicted octanol–water partition coefficient (Wildman–Crippen LogP) is 3.99. The predicted molar refractivity (Wildman–Crippen MR) is 132 cm³/mol. The third-order valence-corrected chi connectivity index (χ3v) is 6.22. The summed E-state index contributed by atoms with van der Waals surface area (Å²) in [5.41, 5.74) is 3.16. The van der Waals surface area contributed by atoms with Gasteiger partial charge in [-0.2, -0.15) is 5.10 Å². The van der Waals surface area contributed by atoms with Crippen molar-refractivity contribution in [3.05, 3.63) is 71.9 Å². The lowest BCUT2D eigenvalue weighted by molar-refractivity contribution is -0.126. The van der Waals surface area contributed by atoms with Crippen molar-refractivity contribution in [2.45, 2.75) is 32.7 Å². The van der Waals surface area contributed by atoms with Crippen LogP contribution in [0.25, 0.3) is 11.3 Å². The van der Waals surface area contributed by atoms with E-state index in [0.717, 1.165) is 17.5 Å². The Morgan fingerprint density at radius 3 is 2.56 bits per heavy atom. The van der Waals surface area contributed by atoms with Gasteiger partial charge in [-0.1, -0.05) is 49.4 Å². The fourth-order valence-electron chi connectivity index (χ4n) is 4.32. The minimum Gasteiger partial charge on any atom is -0.497 e. The van der Waals surface area contributed by atoms with Gasteiger partial charge >= 0.3 is 0 Å². The molecule has 3 aromatic rings. The number of rotatable bonds is 8. The highest BCUT2D eigenvalue weighted by Crippen LogP contribution is 2.28. The van der Waals surface area contributed by atoms with E-state index in [4.69, 9.17) is 9.84 Å². The molecule has 0 radical (unpaired) electrons. The van der Waals surface area contributed by atoms with Crippen LogP contribution < -0.4 is 10.1 Å². The van der Waals surface area contributed by atoms with Gasteiger partial charge in [-0.15, -0.1) is 0 Å². The standard InChI is InChI=1S/C27H32N4O3/c1-3-14-28-26(32)21-12-15-30(16-13-21)27(33)24-19-31(18-20-8-5-4-6-9-20)29-25(24)22-10-7-11-23(17-22)34-2/h4-11,17,19,21H,3,12-16,18H2,1-2H3,(H,28,32). The Morgan fingerprint density at radius 1 is 1.09 bits per heavy atom. The Bertz CT molecular complexity index is 1120. The molecule has 4 rings (SSSR count). The van der Waals surface area contributed by atoms with Crippen LogP contribution >= 0.6 is 0 Å². The molecule has 1 fully saturated rings. The van der Waals surface area contributed by atoms with Crippen LogP contribution in [0.1, 0.15) is 42.1 Å². The third kappa shape index (κ3) is 5.47. The summed E-state index contributed by atoms with van der Waals surface area (Å²) in [6.45, 7) is 4.43. The number of carbonyl (C=O) groups is 2. The number of nitrogens with one attached hydrogen (secondary N) is 1. The number of methoxy groups -OCH3 is 1. The Balaban J connectivity index is 1.57. The first-order valence-electron chi connectivity index (χ1n) is 11.9. The maximum Gasteiger partial charge on any atom is 0.257 e. The highest BCUT2D eigenvalue weighted by Gasteiger charge is 2.30. The number of likely N-dealkylation sites (tertiary alicyclic amines) is 1. The van der Waals surface area contributed by atoms with Gasteiger partial charge in [0.1, 0.15) is 11.4 Å². The second-order valence-electron chi connectivity index (χ2n) is 8.66. The molecule has 0 bridgehead atoms. The number of hydrogen-bond donors (Lipinski definition) is 1. The summed E-state index contributed by atoms with van der Waals surface area (Å²) < 4.78 is 7.21. The first-order valence-corrected chi connectivity index (χ1v) is 11.9. The third-order valence-electron chi connectivity index (χ3n) is 6.22. The number of amides is 2. The summed E-state index contributed by atoms with van der Waals surface area (Å²) in [6.07, 6.45) is 4.11. The van der Waals surface area contributed by atoms with Crippen molar-refractivity contribution in [3.63, 3.8) is 0 Å². The Labute approximate surface area is 200 Å². The van der Waals surface area contributed by atoms with Gasteiger partial charge in [0.25, 0.3) is 5.91 Å². The van der Waals surface area contributed by atoms with Crippen LogP contribution in [0, 0.1) is 5.92 Å². The maximum absolute atomic E-state index is 13.6. The van der Waals surface area contributed by atoms with Crippen molar-refractivity contribution in [3.8, 4) is 17.0 Å². The quantitative estimate of drug-likeness (QED) is 0.552. The van der Waals surface area contributed by atoms with Crippen molar-refractivity contribution in [2.75, 3.05) is 26.7 Å². The van der Waals surface area contributed by atoms with Crippen LogP contribution in [-0.2, 0) is 11.3 Å². The van der Waals surface area contributed by atoms with E-state index in [1.807, 2.05) is 77.3 Å². The van der Waals surface area contributed by atoms with Gasteiger partial charge in [-0.3, -0.25) is 14.3 Å². The lowest BCUT2D eigenvalue weighted by atomic mass is 9.95. The molecule has 0 saturated carbocycles. The van der Waals surface area contributed by atoms with E-state index in [-0.39, 0.29) is 17.7 Å². The zero-order valence-electron chi connectivity index (χ0n) is 19.9. The minimum atomic E-state index is -0.0513. The first kappa shape index (κ1) is 23.5. The molecule has 1 aliphatic rings. The van der Waals surface area contributed by atoms with Crippen molar-refractivity contribution in [1.82, 2.24) is 20.0 Å². The highest BCUT2D eigenvalue weighted by atomic mass is 16.5. The van der Waals surface area contributed by atoms with E-state index in [0.29, 0.717) is 56.0 Å². The fraction of sp³-hybridized carbons (Fsp3) is 0.370. The molecule has 1 N–H and O–H groups in total. The number of piperidine rings is 1. The highest BCUT2D eigenvalue weighted by molar-refractivity contribution is 6.00. The van der Waals surface area contributed by atoms with Crippen molar-refractivity contribution >= 4 is 11.8 Å². The molecule has 2 amide bonds. The maximum atomic E-state index is 13.6. The zero-order valence-corrected chi connectivity index (χ0v) is 19.9. The summed E-state index contributed by atoms with van der Waals surface area (Å²) in [7, 11) is 1.62. The van der Waals surface area contributed by atoms with E-state index in [1.165, 1.54) is 0 Å². The van der Waals surface area contributed by atoms with Crippen LogP contribution in [-0.4, -0.2) is 53.2 Å². The normalized spacial score (nSPS) is 14.1. The number of nitrogens with zero attached hydrogens (tertiary/aromatic N) is 3. The minimum absolute atomic E-state index is 0.0331. The van der Waals surface area contributed by atoms with Gasteiger partial charge in [0.15, 0.2) is 0 Å². The van der Waals surface area contributed by atoms with E-state index >= 15 is 0 Å². The number of ether oxygens (including phenoxy) is 1. The molecule has 34 heavy (non-hydrogen) atoms. The smallest absolute Gasteiger partial charge is 0.257 e. The zero-order chi connectivity index (χ0) is 23.9. The van der Waals surface area contributed by atoms with E-state index in [1.54, 1.807) is 7.11 Å². The van der Waals surface area contributed by atoms with Crippen molar-refractivity contribution < 1.29 is 14.3 Å². The lowest BCUT2D eigenvalue weighted by Gasteiger charge is -2.31. The molecule has 7 heteroatoms. The molecule has 178 valence electrons. The van der Waals surface area contributed by atoms with Gasteiger partial charge in [0.2, 0.25) is 5.91 Å². The molecule has 2 aromatic carbocycles. The van der Waals surface area contributed by atoms with E-state index in [9.17, 15) is 9.59 Å². The molecule has 0 aliphatic carbocycles. The molecule has 1 saturated heterocycles.